The summed E-state index contributed by atoms with van der Waals surface area (Å²) in [5, 5.41) is 9.01. The number of piperidine rings is 1. The SMILES string of the molecule is [2H]C([2H])([2H])C(CC)OC(=O)N1CCCCC1CCO. The van der Waals surface area contributed by atoms with Crippen LogP contribution in [-0.4, -0.2) is 41.4 Å². The van der Waals surface area contributed by atoms with Crippen LogP contribution in [0.5, 0.6) is 0 Å². The summed E-state index contributed by atoms with van der Waals surface area (Å²) in [4.78, 5) is 13.6. The number of aliphatic hydroxyl groups excluding tert-OH is 1. The van der Waals surface area contributed by atoms with Crippen LogP contribution in [0.1, 0.15) is 50.0 Å². The van der Waals surface area contributed by atoms with Gasteiger partial charge in [0.15, 0.2) is 0 Å². The molecule has 1 heterocycles. The molecule has 1 amide bonds. The molecule has 2 unspecified atom stereocenters. The zero-order valence-electron chi connectivity index (χ0n) is 12.8. The highest BCUT2D eigenvalue weighted by Crippen LogP contribution is 2.20. The van der Waals surface area contributed by atoms with Gasteiger partial charge in [-0.15, -0.1) is 0 Å². The minimum atomic E-state index is -2.29. The molecule has 0 radical (unpaired) electrons. The molecule has 0 aromatic rings. The van der Waals surface area contributed by atoms with Gasteiger partial charge in [0, 0.05) is 23.3 Å². The summed E-state index contributed by atoms with van der Waals surface area (Å²) in [6.07, 6.45) is 1.89. The van der Waals surface area contributed by atoms with Crippen LogP contribution in [-0.2, 0) is 4.74 Å². The van der Waals surface area contributed by atoms with Gasteiger partial charge in [-0.2, -0.15) is 0 Å². The number of rotatable bonds is 4. The Morgan fingerprint density at radius 1 is 1.69 bits per heavy atom. The van der Waals surface area contributed by atoms with E-state index in [1.807, 2.05) is 0 Å². The van der Waals surface area contributed by atoms with Crippen molar-refractivity contribution in [3.05, 3.63) is 0 Å². The Balaban J connectivity index is 2.64. The third-order valence-corrected chi connectivity index (χ3v) is 2.94. The number of carbonyl (C=O) groups excluding carboxylic acids is 1. The highest BCUT2D eigenvalue weighted by molar-refractivity contribution is 5.68. The van der Waals surface area contributed by atoms with Crippen LogP contribution in [0.15, 0.2) is 0 Å². The van der Waals surface area contributed by atoms with Gasteiger partial charge in [0.1, 0.15) is 6.10 Å². The first-order chi connectivity index (χ1) is 8.90. The number of nitrogens with zero attached hydrogens (tertiary/aromatic N) is 1. The van der Waals surface area contributed by atoms with E-state index in [1.54, 1.807) is 11.8 Å². The summed E-state index contributed by atoms with van der Waals surface area (Å²) in [6.45, 7) is -0.00967. The average molecular weight is 232 g/mol. The van der Waals surface area contributed by atoms with E-state index in [0.717, 1.165) is 19.3 Å². The summed E-state index contributed by atoms with van der Waals surface area (Å²) in [6, 6.07) is -0.0413. The van der Waals surface area contributed by atoms with Crippen LogP contribution < -0.4 is 0 Å². The van der Waals surface area contributed by atoms with E-state index in [0.29, 0.717) is 13.0 Å². The number of hydrogen-bond acceptors (Lipinski definition) is 3. The lowest BCUT2D eigenvalue weighted by atomic mass is 10.0. The van der Waals surface area contributed by atoms with Gasteiger partial charge in [0.2, 0.25) is 0 Å². The molecule has 0 saturated carbocycles. The molecule has 94 valence electrons. The molecular weight excluding hydrogens is 206 g/mol. The van der Waals surface area contributed by atoms with Crippen LogP contribution in [0.25, 0.3) is 0 Å². The zero-order valence-corrected chi connectivity index (χ0v) is 9.82. The highest BCUT2D eigenvalue weighted by atomic mass is 16.6. The summed E-state index contributed by atoms with van der Waals surface area (Å²) < 4.78 is 27.1. The standard InChI is InChI=1S/C12H23NO3/c1-3-10(2)16-12(15)13-8-5-4-6-11(13)7-9-14/h10-11,14H,3-9H2,1-2H3/i2D3. The molecule has 4 nitrogen and oxygen atoms in total. The van der Waals surface area contributed by atoms with Crippen molar-refractivity contribution >= 4 is 6.09 Å². The predicted octanol–water partition coefficient (Wildman–Crippen LogP) is 2.16. The van der Waals surface area contributed by atoms with Gasteiger partial charge in [-0.3, -0.25) is 0 Å². The molecule has 1 N–H and O–H groups in total. The van der Waals surface area contributed by atoms with E-state index in [-0.39, 0.29) is 19.1 Å². The first-order valence-corrected chi connectivity index (χ1v) is 5.98. The van der Waals surface area contributed by atoms with Gasteiger partial charge >= 0.3 is 6.09 Å². The second-order valence-electron chi connectivity index (χ2n) is 4.14. The molecule has 0 aliphatic carbocycles. The maximum absolute atomic E-state index is 12.1. The minimum Gasteiger partial charge on any atom is -0.446 e. The summed E-state index contributed by atoms with van der Waals surface area (Å²) in [5.74, 6) is 0. The van der Waals surface area contributed by atoms with Gasteiger partial charge in [-0.25, -0.2) is 4.79 Å². The monoisotopic (exact) mass is 232 g/mol. The molecule has 1 saturated heterocycles. The maximum atomic E-state index is 12.1. The lowest BCUT2D eigenvalue weighted by Crippen LogP contribution is -2.45. The maximum Gasteiger partial charge on any atom is 0.410 e. The molecule has 0 spiro atoms. The van der Waals surface area contributed by atoms with Crippen LogP contribution in [0.2, 0.25) is 0 Å². The predicted molar refractivity (Wildman–Crippen MR) is 62.3 cm³/mol. The lowest BCUT2D eigenvalue weighted by Gasteiger charge is -2.35. The van der Waals surface area contributed by atoms with Crippen LogP contribution in [0.4, 0.5) is 4.79 Å². The smallest absolute Gasteiger partial charge is 0.410 e. The quantitative estimate of drug-likeness (QED) is 0.808. The highest BCUT2D eigenvalue weighted by Gasteiger charge is 2.27. The van der Waals surface area contributed by atoms with Crippen molar-refractivity contribution in [2.75, 3.05) is 13.2 Å². The third-order valence-electron chi connectivity index (χ3n) is 2.94. The van der Waals surface area contributed by atoms with E-state index >= 15 is 0 Å². The van der Waals surface area contributed by atoms with Gasteiger partial charge in [-0.1, -0.05) is 6.92 Å². The summed E-state index contributed by atoms with van der Waals surface area (Å²) in [5.41, 5.74) is 0. The molecule has 16 heavy (non-hydrogen) atoms. The molecule has 0 aromatic carbocycles. The van der Waals surface area contributed by atoms with E-state index < -0.39 is 19.0 Å². The number of aliphatic hydroxyl groups is 1. The summed E-state index contributed by atoms with van der Waals surface area (Å²) in [7, 11) is 0. The molecule has 1 rings (SSSR count). The second-order valence-corrected chi connectivity index (χ2v) is 4.14. The van der Waals surface area contributed by atoms with Crippen LogP contribution in [0, 0.1) is 0 Å². The number of likely N-dealkylation sites (tertiary alicyclic amines) is 1. The van der Waals surface area contributed by atoms with E-state index in [2.05, 4.69) is 0 Å². The van der Waals surface area contributed by atoms with Crippen LogP contribution in [0.3, 0.4) is 0 Å². The Morgan fingerprint density at radius 2 is 2.50 bits per heavy atom. The average Bonchev–Trinajstić information content (AvgIpc) is 2.35. The van der Waals surface area contributed by atoms with Gasteiger partial charge < -0.3 is 14.7 Å². The molecule has 1 aliphatic heterocycles. The molecule has 1 fully saturated rings. The van der Waals surface area contributed by atoms with Crippen molar-refractivity contribution in [3.8, 4) is 0 Å². The summed E-state index contributed by atoms with van der Waals surface area (Å²) >= 11 is 0. The van der Waals surface area contributed by atoms with Crippen molar-refractivity contribution in [2.24, 2.45) is 0 Å². The Morgan fingerprint density at radius 3 is 3.12 bits per heavy atom. The van der Waals surface area contributed by atoms with Crippen molar-refractivity contribution in [2.45, 2.75) is 58.0 Å². The number of ether oxygens (including phenoxy) is 1. The molecule has 1 aliphatic rings. The zero-order chi connectivity index (χ0) is 14.5. The number of carbonyl (C=O) groups is 1. The minimum absolute atomic E-state index is 0.0188. The third kappa shape index (κ3) is 3.67. The molecule has 4 heteroatoms. The second kappa shape index (κ2) is 6.74. The fourth-order valence-electron chi connectivity index (χ4n) is 1.96. The van der Waals surface area contributed by atoms with E-state index in [9.17, 15) is 4.79 Å². The Bertz CT molecular complexity index is 294. The number of amides is 1. The van der Waals surface area contributed by atoms with Gasteiger partial charge in [-0.05, 0) is 39.0 Å². The van der Waals surface area contributed by atoms with Crippen molar-refractivity contribution < 1.29 is 18.8 Å². The molecule has 0 aromatic heterocycles. The van der Waals surface area contributed by atoms with E-state index in [4.69, 9.17) is 14.0 Å². The van der Waals surface area contributed by atoms with Gasteiger partial charge in [0.05, 0.1) is 0 Å². The van der Waals surface area contributed by atoms with Crippen molar-refractivity contribution in [1.29, 1.82) is 0 Å². The Kier molecular flexibility index (Phi) is 3.91. The largest absolute Gasteiger partial charge is 0.446 e. The fourth-order valence-corrected chi connectivity index (χ4v) is 1.96. The Labute approximate surface area is 102 Å². The molecule has 2 atom stereocenters. The van der Waals surface area contributed by atoms with Gasteiger partial charge in [0.25, 0.3) is 0 Å². The molecular formula is C12H23NO3. The van der Waals surface area contributed by atoms with Crippen LogP contribution >= 0.6 is 0 Å². The normalized spacial score (nSPS) is 26.5. The van der Waals surface area contributed by atoms with E-state index in [1.165, 1.54) is 0 Å². The number of hydrogen-bond donors (Lipinski definition) is 1. The topological polar surface area (TPSA) is 49.8 Å². The first kappa shape index (κ1) is 9.28. The van der Waals surface area contributed by atoms with Crippen molar-refractivity contribution in [1.82, 2.24) is 4.90 Å². The lowest BCUT2D eigenvalue weighted by molar-refractivity contribution is 0.0413. The first-order valence-electron chi connectivity index (χ1n) is 7.48. The molecule has 0 bridgehead atoms. The fraction of sp³-hybridized carbons (Fsp3) is 0.917. The Hall–Kier alpha value is -0.770. The van der Waals surface area contributed by atoms with Crippen molar-refractivity contribution in [3.63, 3.8) is 0 Å².